The Labute approximate surface area is 236 Å². The number of hydrogen-bond acceptors (Lipinski definition) is 3. The molecule has 12 heteroatoms. The normalized spacial score (nSPS) is 17.6. The van der Waals surface area contributed by atoms with E-state index in [1.807, 2.05) is 0 Å². The first-order valence-electron chi connectivity index (χ1n) is 10.7. The van der Waals surface area contributed by atoms with Crippen LogP contribution in [0.5, 0.6) is 0 Å². The molecule has 1 aliphatic rings. The second-order valence-corrected chi connectivity index (χ2v) is 11.0. The predicted octanol–water partition coefficient (Wildman–Crippen LogP) is 7.52. The van der Waals surface area contributed by atoms with Crippen LogP contribution in [0.25, 0.3) is 0 Å². The van der Waals surface area contributed by atoms with Crippen molar-refractivity contribution in [3.8, 4) is 0 Å². The molecule has 0 saturated heterocycles. The molecule has 6 nitrogen and oxygen atoms in total. The number of halogens is 6. The number of amides is 3. The summed E-state index contributed by atoms with van der Waals surface area (Å²) in [5.41, 5.74) is 0.632. The molecule has 2 atom stereocenters. The Morgan fingerprint density at radius 1 is 0.892 bits per heavy atom. The molecule has 1 fully saturated rings. The van der Waals surface area contributed by atoms with E-state index >= 15 is 0 Å². The molecular weight excluding hydrogens is 587 g/mol. The van der Waals surface area contributed by atoms with Gasteiger partial charge in [-0.2, -0.15) is 0 Å². The van der Waals surface area contributed by atoms with Gasteiger partial charge in [-0.25, -0.2) is 4.39 Å². The van der Waals surface area contributed by atoms with Crippen molar-refractivity contribution in [3.05, 3.63) is 86.6 Å². The minimum atomic E-state index is -1.39. The predicted molar refractivity (Wildman–Crippen MR) is 146 cm³/mol. The Balaban J connectivity index is 1.54. The molecule has 1 aliphatic carbocycles. The lowest BCUT2D eigenvalue weighted by molar-refractivity contribution is -0.117. The molecule has 0 bridgehead atoms. The second-order valence-electron chi connectivity index (χ2n) is 8.31. The van der Waals surface area contributed by atoms with Gasteiger partial charge in [-0.3, -0.25) is 14.4 Å². The van der Waals surface area contributed by atoms with Crippen LogP contribution in [0.4, 0.5) is 21.5 Å². The van der Waals surface area contributed by atoms with Crippen LogP contribution in [-0.2, 0) is 9.59 Å². The number of rotatable bonds is 6. The highest BCUT2D eigenvalue weighted by Gasteiger charge is 2.67. The fourth-order valence-corrected chi connectivity index (χ4v) is 5.52. The zero-order valence-corrected chi connectivity index (χ0v) is 22.6. The van der Waals surface area contributed by atoms with E-state index in [2.05, 4.69) is 16.0 Å². The lowest BCUT2D eigenvalue weighted by Crippen LogP contribution is -2.19. The molecule has 0 aliphatic heterocycles. The van der Waals surface area contributed by atoms with Gasteiger partial charge in [0, 0.05) is 28.6 Å². The molecule has 0 aromatic heterocycles. The van der Waals surface area contributed by atoms with E-state index < -0.39 is 39.7 Å². The molecule has 0 radical (unpaired) electrons. The topological polar surface area (TPSA) is 87.3 Å². The van der Waals surface area contributed by atoms with E-state index in [-0.39, 0.29) is 27.6 Å². The van der Waals surface area contributed by atoms with Crippen LogP contribution in [0.15, 0.2) is 54.6 Å². The summed E-state index contributed by atoms with van der Waals surface area (Å²) >= 11 is 31.2. The van der Waals surface area contributed by atoms with Crippen molar-refractivity contribution in [3.63, 3.8) is 0 Å². The van der Waals surface area contributed by atoms with Gasteiger partial charge in [0.2, 0.25) is 11.8 Å². The first-order chi connectivity index (χ1) is 17.4. The monoisotopic (exact) mass is 601 g/mol. The van der Waals surface area contributed by atoms with Crippen molar-refractivity contribution < 1.29 is 18.8 Å². The van der Waals surface area contributed by atoms with Crippen molar-refractivity contribution in [2.45, 2.75) is 17.2 Å². The zero-order valence-electron chi connectivity index (χ0n) is 18.8. The third kappa shape index (κ3) is 5.97. The maximum absolute atomic E-state index is 14.4. The van der Waals surface area contributed by atoms with Crippen LogP contribution >= 0.6 is 58.0 Å². The van der Waals surface area contributed by atoms with Gasteiger partial charge in [-0.15, -0.1) is 23.2 Å². The SMILES string of the molecule is CC(=O)Nc1cccc(F)c1NC(=O)c1cc(NC(=O)C2C(c3cc(Cl)cc(Cl)c3)C2(Cl)Cl)ccc1Cl. The molecular formula is C25H17Cl5FN3O3. The van der Waals surface area contributed by atoms with Crippen LogP contribution < -0.4 is 16.0 Å². The van der Waals surface area contributed by atoms with E-state index in [4.69, 9.17) is 58.0 Å². The molecule has 37 heavy (non-hydrogen) atoms. The van der Waals surface area contributed by atoms with Crippen LogP contribution in [0.3, 0.4) is 0 Å². The van der Waals surface area contributed by atoms with E-state index in [9.17, 15) is 18.8 Å². The molecule has 3 N–H and O–H groups in total. The van der Waals surface area contributed by atoms with Gasteiger partial charge in [-0.05, 0) is 54.1 Å². The van der Waals surface area contributed by atoms with Gasteiger partial charge in [-0.1, -0.05) is 40.9 Å². The Kier molecular flexibility index (Phi) is 7.93. The van der Waals surface area contributed by atoms with E-state index in [0.717, 1.165) is 6.07 Å². The number of carbonyl (C=O) groups excluding carboxylic acids is 3. The molecule has 192 valence electrons. The average molecular weight is 604 g/mol. The molecule has 3 amide bonds. The third-order valence-electron chi connectivity index (χ3n) is 5.62. The minimum Gasteiger partial charge on any atom is -0.326 e. The van der Waals surface area contributed by atoms with E-state index in [0.29, 0.717) is 15.6 Å². The van der Waals surface area contributed by atoms with E-state index in [1.54, 1.807) is 18.2 Å². The van der Waals surface area contributed by atoms with Crippen molar-refractivity contribution in [1.82, 2.24) is 0 Å². The Morgan fingerprint density at radius 3 is 2.22 bits per heavy atom. The minimum absolute atomic E-state index is 0.0477. The maximum Gasteiger partial charge on any atom is 0.257 e. The fraction of sp³-hybridized carbons (Fsp3) is 0.160. The Hall–Kier alpha value is -2.55. The van der Waals surface area contributed by atoms with Crippen molar-refractivity contribution in [1.29, 1.82) is 0 Å². The number of benzene rings is 3. The smallest absolute Gasteiger partial charge is 0.257 e. The van der Waals surface area contributed by atoms with Gasteiger partial charge >= 0.3 is 0 Å². The number of carbonyl (C=O) groups is 3. The molecule has 3 aromatic rings. The van der Waals surface area contributed by atoms with Crippen molar-refractivity contribution in [2.75, 3.05) is 16.0 Å². The summed E-state index contributed by atoms with van der Waals surface area (Å²) in [7, 11) is 0. The summed E-state index contributed by atoms with van der Waals surface area (Å²) in [6.07, 6.45) is 0. The highest BCUT2D eigenvalue weighted by Crippen LogP contribution is 2.65. The number of nitrogens with one attached hydrogen (secondary N) is 3. The largest absolute Gasteiger partial charge is 0.326 e. The fourth-order valence-electron chi connectivity index (χ4n) is 3.95. The Bertz CT molecular complexity index is 1410. The van der Waals surface area contributed by atoms with Crippen molar-refractivity contribution >= 4 is 92.8 Å². The zero-order chi connectivity index (χ0) is 27.1. The highest BCUT2D eigenvalue weighted by atomic mass is 35.5. The quantitative estimate of drug-likeness (QED) is 0.255. The lowest BCUT2D eigenvalue weighted by Gasteiger charge is -2.14. The maximum atomic E-state index is 14.4. The summed E-state index contributed by atoms with van der Waals surface area (Å²) in [6, 6.07) is 13.0. The summed E-state index contributed by atoms with van der Waals surface area (Å²) in [4.78, 5) is 37.4. The van der Waals surface area contributed by atoms with Crippen LogP contribution in [0.1, 0.15) is 28.8 Å². The van der Waals surface area contributed by atoms with Gasteiger partial charge in [0.1, 0.15) is 15.8 Å². The summed E-state index contributed by atoms with van der Waals surface area (Å²) in [6.45, 7) is 1.25. The highest BCUT2D eigenvalue weighted by molar-refractivity contribution is 6.53. The molecule has 0 heterocycles. The van der Waals surface area contributed by atoms with Crippen LogP contribution in [0, 0.1) is 11.7 Å². The van der Waals surface area contributed by atoms with Gasteiger partial charge in [0.15, 0.2) is 0 Å². The summed E-state index contributed by atoms with van der Waals surface area (Å²) in [5, 5.41) is 8.35. The molecule has 3 aromatic carbocycles. The van der Waals surface area contributed by atoms with E-state index in [1.165, 1.54) is 37.3 Å². The standard InChI is InChI=1S/C25H17Cl5FN3O3/c1-11(35)32-19-4-2-3-18(31)22(19)34-23(36)16-10-15(5-6-17(16)28)33-24(37)21-20(25(21,29)30)12-7-13(26)9-14(27)8-12/h2-10,20-21H,1H3,(H,32,35)(H,33,37)(H,34,36). The Morgan fingerprint density at radius 2 is 1.57 bits per heavy atom. The summed E-state index contributed by atoms with van der Waals surface area (Å²) in [5.74, 6) is -3.85. The molecule has 1 saturated carbocycles. The average Bonchev–Trinajstić information content (AvgIpc) is 3.38. The third-order valence-corrected chi connectivity index (χ3v) is 7.33. The van der Waals surface area contributed by atoms with Crippen LogP contribution in [-0.4, -0.2) is 22.1 Å². The number of alkyl halides is 2. The van der Waals surface area contributed by atoms with Gasteiger partial charge in [0.05, 0.1) is 22.2 Å². The van der Waals surface area contributed by atoms with Crippen LogP contribution in [0.2, 0.25) is 15.1 Å². The molecule has 4 rings (SSSR count). The number of para-hydroxylation sites is 1. The first-order valence-corrected chi connectivity index (χ1v) is 12.6. The lowest BCUT2D eigenvalue weighted by atomic mass is 10.1. The van der Waals surface area contributed by atoms with Gasteiger partial charge in [0.25, 0.3) is 5.91 Å². The molecule has 2 unspecified atom stereocenters. The first kappa shape index (κ1) is 27.5. The summed E-state index contributed by atoms with van der Waals surface area (Å²) < 4.78 is 13.0. The van der Waals surface area contributed by atoms with Crippen molar-refractivity contribution in [2.24, 2.45) is 5.92 Å². The van der Waals surface area contributed by atoms with Gasteiger partial charge < -0.3 is 16.0 Å². The number of hydrogen-bond donors (Lipinski definition) is 3. The molecule has 0 spiro atoms. The number of anilines is 3. The second kappa shape index (κ2) is 10.7.